The van der Waals surface area contributed by atoms with E-state index in [2.05, 4.69) is 21.9 Å². The molecule has 6 nitrogen and oxygen atoms in total. The van der Waals surface area contributed by atoms with E-state index in [0.717, 1.165) is 40.9 Å². The van der Waals surface area contributed by atoms with Crippen molar-refractivity contribution in [3.8, 4) is 0 Å². The third-order valence-corrected chi connectivity index (χ3v) is 5.97. The number of thioether (sulfide) groups is 1. The van der Waals surface area contributed by atoms with E-state index >= 15 is 0 Å². The zero-order valence-corrected chi connectivity index (χ0v) is 15.2. The number of piperidine rings is 1. The highest BCUT2D eigenvalue weighted by atomic mass is 32.2. The van der Waals surface area contributed by atoms with Crippen LogP contribution in [-0.4, -0.2) is 44.6 Å². The average Bonchev–Trinajstić information content (AvgIpc) is 3.02. The summed E-state index contributed by atoms with van der Waals surface area (Å²) in [7, 11) is 0. The molecule has 0 aliphatic carbocycles. The Morgan fingerprint density at radius 2 is 2.42 bits per heavy atom. The first-order chi connectivity index (χ1) is 11.7. The van der Waals surface area contributed by atoms with Gasteiger partial charge in [0, 0.05) is 30.5 Å². The van der Waals surface area contributed by atoms with Gasteiger partial charge in [-0.05, 0) is 18.6 Å². The number of carbonyl (C=O) groups is 1. The standard InChI is InChI=1S/C16H20N4O2S2/c1-2-23-16-19-12(9-24-16)6-15(22)20-5-3-4-11(8-20)13-7-14(21)18-10-17-13/h7,9-11H,2-6,8H2,1H3,(H,17,18,21)/t11-/m1/s1. The van der Waals surface area contributed by atoms with Gasteiger partial charge in [-0.3, -0.25) is 9.59 Å². The molecule has 24 heavy (non-hydrogen) atoms. The van der Waals surface area contributed by atoms with E-state index in [1.807, 2.05) is 10.3 Å². The number of aromatic nitrogens is 3. The van der Waals surface area contributed by atoms with Crippen molar-refractivity contribution in [1.82, 2.24) is 19.9 Å². The lowest BCUT2D eigenvalue weighted by atomic mass is 9.94. The summed E-state index contributed by atoms with van der Waals surface area (Å²) in [6.45, 7) is 3.47. The van der Waals surface area contributed by atoms with E-state index in [9.17, 15) is 9.59 Å². The number of nitrogens with one attached hydrogen (secondary N) is 1. The first kappa shape index (κ1) is 17.2. The van der Waals surface area contributed by atoms with Crippen molar-refractivity contribution in [2.75, 3.05) is 18.8 Å². The van der Waals surface area contributed by atoms with Crippen molar-refractivity contribution in [3.05, 3.63) is 39.5 Å². The van der Waals surface area contributed by atoms with Crippen molar-refractivity contribution < 1.29 is 4.79 Å². The molecule has 0 aromatic carbocycles. The number of hydrogen-bond acceptors (Lipinski definition) is 6. The van der Waals surface area contributed by atoms with Gasteiger partial charge in [-0.2, -0.15) is 0 Å². The van der Waals surface area contributed by atoms with Crippen LogP contribution in [0.1, 0.15) is 37.1 Å². The molecule has 1 saturated heterocycles. The van der Waals surface area contributed by atoms with Crippen LogP contribution in [-0.2, 0) is 11.2 Å². The van der Waals surface area contributed by atoms with Gasteiger partial charge >= 0.3 is 0 Å². The maximum atomic E-state index is 12.6. The zero-order chi connectivity index (χ0) is 16.9. The minimum Gasteiger partial charge on any atom is -0.342 e. The van der Waals surface area contributed by atoms with Crippen molar-refractivity contribution >= 4 is 29.0 Å². The van der Waals surface area contributed by atoms with Crippen LogP contribution in [0.2, 0.25) is 0 Å². The van der Waals surface area contributed by atoms with E-state index in [4.69, 9.17) is 0 Å². The number of thiazole rings is 1. The molecule has 2 aromatic heterocycles. The van der Waals surface area contributed by atoms with Crippen LogP contribution in [0.3, 0.4) is 0 Å². The number of hydrogen-bond donors (Lipinski definition) is 1. The van der Waals surface area contributed by atoms with Gasteiger partial charge < -0.3 is 9.88 Å². The fourth-order valence-corrected chi connectivity index (χ4v) is 4.62. The summed E-state index contributed by atoms with van der Waals surface area (Å²) >= 11 is 3.29. The van der Waals surface area contributed by atoms with E-state index in [1.54, 1.807) is 23.1 Å². The fourth-order valence-electron chi connectivity index (χ4n) is 2.88. The van der Waals surface area contributed by atoms with Crippen molar-refractivity contribution in [1.29, 1.82) is 0 Å². The normalized spacial score (nSPS) is 17.9. The van der Waals surface area contributed by atoms with Gasteiger partial charge in [-0.25, -0.2) is 9.97 Å². The van der Waals surface area contributed by atoms with Crippen molar-refractivity contribution in [3.63, 3.8) is 0 Å². The summed E-state index contributed by atoms with van der Waals surface area (Å²) in [6, 6.07) is 1.54. The summed E-state index contributed by atoms with van der Waals surface area (Å²) < 4.78 is 1.02. The molecule has 1 fully saturated rings. The second-order valence-electron chi connectivity index (χ2n) is 5.73. The van der Waals surface area contributed by atoms with E-state index in [1.165, 1.54) is 12.4 Å². The molecule has 0 unspecified atom stereocenters. The van der Waals surface area contributed by atoms with Gasteiger partial charge in [0.05, 0.1) is 24.1 Å². The highest BCUT2D eigenvalue weighted by molar-refractivity contribution is 8.00. The molecule has 0 saturated carbocycles. The van der Waals surface area contributed by atoms with Gasteiger partial charge in [0.2, 0.25) is 5.91 Å². The van der Waals surface area contributed by atoms with Gasteiger partial charge in [-0.1, -0.05) is 18.7 Å². The van der Waals surface area contributed by atoms with Crippen LogP contribution in [0.4, 0.5) is 0 Å². The zero-order valence-electron chi connectivity index (χ0n) is 13.5. The number of likely N-dealkylation sites (tertiary alicyclic amines) is 1. The molecule has 0 spiro atoms. The first-order valence-electron chi connectivity index (χ1n) is 8.05. The van der Waals surface area contributed by atoms with Gasteiger partial charge in [0.1, 0.15) is 4.34 Å². The summed E-state index contributed by atoms with van der Waals surface area (Å²) in [5.41, 5.74) is 1.47. The summed E-state index contributed by atoms with van der Waals surface area (Å²) in [4.78, 5) is 37.2. The predicted molar refractivity (Wildman–Crippen MR) is 95.6 cm³/mol. The molecule has 1 aliphatic rings. The largest absolute Gasteiger partial charge is 0.342 e. The molecule has 1 aliphatic heterocycles. The predicted octanol–water partition coefficient (Wildman–Crippen LogP) is 2.29. The van der Waals surface area contributed by atoms with Crippen molar-refractivity contribution in [2.45, 2.75) is 36.4 Å². The molecule has 3 heterocycles. The Bertz CT molecular complexity index is 758. The Morgan fingerprint density at radius 3 is 3.21 bits per heavy atom. The Balaban J connectivity index is 1.63. The number of amides is 1. The molecule has 2 aromatic rings. The third-order valence-electron chi connectivity index (χ3n) is 4.02. The van der Waals surface area contributed by atoms with Gasteiger partial charge in [-0.15, -0.1) is 11.3 Å². The van der Waals surface area contributed by atoms with Crippen LogP contribution in [0.5, 0.6) is 0 Å². The molecule has 8 heteroatoms. The molecular weight excluding hydrogens is 344 g/mol. The van der Waals surface area contributed by atoms with Gasteiger partial charge in [0.15, 0.2) is 0 Å². The Labute approximate surface area is 148 Å². The molecular formula is C16H20N4O2S2. The second kappa shape index (κ2) is 7.94. The third kappa shape index (κ3) is 4.24. The van der Waals surface area contributed by atoms with E-state index < -0.39 is 0 Å². The lowest BCUT2D eigenvalue weighted by molar-refractivity contribution is -0.131. The highest BCUT2D eigenvalue weighted by Crippen LogP contribution is 2.26. The summed E-state index contributed by atoms with van der Waals surface area (Å²) in [5, 5.41) is 1.97. The molecule has 1 amide bonds. The lowest BCUT2D eigenvalue weighted by Gasteiger charge is -2.32. The average molecular weight is 364 g/mol. The summed E-state index contributed by atoms with van der Waals surface area (Å²) in [5.74, 6) is 1.22. The molecule has 3 rings (SSSR count). The minimum absolute atomic E-state index is 0.0999. The fraction of sp³-hybridized carbons (Fsp3) is 0.500. The Kier molecular flexibility index (Phi) is 5.68. The maximum Gasteiger partial charge on any atom is 0.250 e. The number of H-pyrrole nitrogens is 1. The first-order valence-corrected chi connectivity index (χ1v) is 9.92. The van der Waals surface area contributed by atoms with Crippen LogP contribution in [0.25, 0.3) is 0 Å². The number of rotatable bonds is 5. The van der Waals surface area contributed by atoms with E-state index in [0.29, 0.717) is 13.0 Å². The molecule has 1 N–H and O–H groups in total. The molecule has 128 valence electrons. The van der Waals surface area contributed by atoms with Gasteiger partial charge in [0.25, 0.3) is 5.56 Å². The quantitative estimate of drug-likeness (QED) is 0.824. The summed E-state index contributed by atoms with van der Waals surface area (Å²) in [6.07, 6.45) is 3.66. The highest BCUT2D eigenvalue weighted by Gasteiger charge is 2.26. The molecule has 0 bridgehead atoms. The number of carbonyl (C=O) groups excluding carboxylic acids is 1. The minimum atomic E-state index is -0.146. The second-order valence-corrected chi connectivity index (χ2v) is 8.10. The number of nitrogens with zero attached hydrogens (tertiary/aromatic N) is 3. The lowest BCUT2D eigenvalue weighted by Crippen LogP contribution is -2.40. The molecule has 1 atom stereocenters. The maximum absolute atomic E-state index is 12.6. The topological polar surface area (TPSA) is 79.0 Å². The molecule has 0 radical (unpaired) electrons. The van der Waals surface area contributed by atoms with Crippen LogP contribution >= 0.6 is 23.1 Å². The monoisotopic (exact) mass is 364 g/mol. The van der Waals surface area contributed by atoms with Crippen molar-refractivity contribution in [2.24, 2.45) is 0 Å². The van der Waals surface area contributed by atoms with Crippen LogP contribution in [0, 0.1) is 0 Å². The Hall–Kier alpha value is -1.67. The number of aromatic amines is 1. The van der Waals surface area contributed by atoms with Crippen LogP contribution in [0.15, 0.2) is 26.9 Å². The van der Waals surface area contributed by atoms with E-state index in [-0.39, 0.29) is 17.4 Å². The smallest absolute Gasteiger partial charge is 0.250 e. The Morgan fingerprint density at radius 1 is 1.54 bits per heavy atom. The SMILES string of the molecule is CCSc1nc(CC(=O)N2CCC[C@@H](c3cc(=O)[nH]cn3)C2)cs1. The van der Waals surface area contributed by atoms with Crippen LogP contribution < -0.4 is 5.56 Å².